The molecule has 0 aliphatic heterocycles. The summed E-state index contributed by atoms with van der Waals surface area (Å²) in [5.41, 5.74) is 5.79. The van der Waals surface area contributed by atoms with Crippen LogP contribution in [0.25, 0.3) is 6.08 Å². The fourth-order valence-electron chi connectivity index (χ4n) is 1.34. The number of benzene rings is 1. The Hall–Kier alpha value is -2.62. The quantitative estimate of drug-likeness (QED) is 0.834. The lowest BCUT2D eigenvalue weighted by molar-refractivity contribution is -0.113. The van der Waals surface area contributed by atoms with Crippen molar-refractivity contribution in [1.29, 1.82) is 0 Å². The van der Waals surface area contributed by atoms with Crippen molar-refractivity contribution >= 4 is 12.0 Å². The Kier molecular flexibility index (Phi) is 3.71. The molecule has 0 saturated heterocycles. The number of hydrogen-bond acceptors (Lipinski definition) is 3. The molecule has 2 rings (SSSR count). The maximum absolute atomic E-state index is 10.6. The van der Waals surface area contributed by atoms with Crippen LogP contribution in [0.1, 0.15) is 5.56 Å². The number of carbonyl (C=O) groups is 1. The molecule has 0 radical (unpaired) electrons. The Morgan fingerprint density at radius 2 is 1.94 bits per heavy atom. The summed E-state index contributed by atoms with van der Waals surface area (Å²) < 4.78 is 5.53. The summed E-state index contributed by atoms with van der Waals surface area (Å²) in [6.07, 6.45) is 4.49. The fraction of sp³-hybridized carbons (Fsp3) is 0. The molecule has 0 aliphatic rings. The predicted octanol–water partition coefficient (Wildman–Crippen LogP) is 2.37. The topological polar surface area (TPSA) is 65.2 Å². The first kappa shape index (κ1) is 11.9. The number of amides is 1. The van der Waals surface area contributed by atoms with E-state index in [9.17, 15) is 4.79 Å². The normalized spacial score (nSPS) is 10.4. The van der Waals surface area contributed by atoms with Crippen molar-refractivity contribution in [3.63, 3.8) is 0 Å². The third kappa shape index (κ3) is 3.45. The number of carbonyl (C=O) groups excluding carboxylic acids is 1. The number of ether oxygens (including phenoxy) is 1. The second-order valence-corrected chi connectivity index (χ2v) is 3.58. The minimum Gasteiger partial charge on any atom is -0.439 e. The van der Waals surface area contributed by atoms with Crippen molar-refractivity contribution in [2.75, 3.05) is 0 Å². The molecule has 0 unspecified atom stereocenters. The van der Waals surface area contributed by atoms with Gasteiger partial charge < -0.3 is 10.5 Å². The van der Waals surface area contributed by atoms with Gasteiger partial charge in [-0.2, -0.15) is 0 Å². The molecule has 0 fully saturated rings. The average Bonchev–Trinajstić information content (AvgIpc) is 2.39. The lowest BCUT2D eigenvalue weighted by Gasteiger charge is -2.03. The molecule has 1 aromatic carbocycles. The summed E-state index contributed by atoms with van der Waals surface area (Å²) in [5.74, 6) is 0.738. The van der Waals surface area contributed by atoms with E-state index in [4.69, 9.17) is 10.5 Å². The predicted molar refractivity (Wildman–Crippen MR) is 69.0 cm³/mol. The second-order valence-electron chi connectivity index (χ2n) is 3.58. The lowest BCUT2D eigenvalue weighted by Crippen LogP contribution is -2.05. The van der Waals surface area contributed by atoms with Crippen LogP contribution in [-0.2, 0) is 4.79 Å². The molecular formula is C14H12N2O2. The van der Waals surface area contributed by atoms with Crippen molar-refractivity contribution in [3.05, 3.63) is 60.3 Å². The molecule has 18 heavy (non-hydrogen) atoms. The van der Waals surface area contributed by atoms with Gasteiger partial charge >= 0.3 is 0 Å². The molecule has 1 heterocycles. The maximum Gasteiger partial charge on any atom is 0.241 e. The third-order valence-electron chi connectivity index (χ3n) is 2.16. The molecule has 0 aliphatic carbocycles. The summed E-state index contributed by atoms with van der Waals surface area (Å²) in [6.45, 7) is 0. The largest absolute Gasteiger partial charge is 0.439 e. The highest BCUT2D eigenvalue weighted by Gasteiger charge is 1.97. The SMILES string of the molecule is NC(=O)C=Cc1ccc(Oc2ccccc2)nc1. The first-order chi connectivity index (χ1) is 8.74. The van der Waals surface area contributed by atoms with Crippen LogP contribution in [0.2, 0.25) is 0 Å². The Balaban J connectivity index is 2.06. The number of rotatable bonds is 4. The standard InChI is InChI=1S/C14H12N2O2/c15-13(17)8-6-11-7-9-14(16-10-11)18-12-4-2-1-3-5-12/h1-10H,(H2,15,17). The smallest absolute Gasteiger partial charge is 0.241 e. The molecule has 4 nitrogen and oxygen atoms in total. The average molecular weight is 240 g/mol. The van der Waals surface area contributed by atoms with E-state index in [1.54, 1.807) is 24.4 Å². The van der Waals surface area contributed by atoms with Gasteiger partial charge in [0.15, 0.2) is 0 Å². The van der Waals surface area contributed by atoms with Crippen molar-refractivity contribution < 1.29 is 9.53 Å². The molecule has 1 aromatic heterocycles. The lowest BCUT2D eigenvalue weighted by atomic mass is 10.2. The van der Waals surface area contributed by atoms with E-state index in [2.05, 4.69) is 4.98 Å². The van der Waals surface area contributed by atoms with Gasteiger partial charge in [-0.05, 0) is 29.8 Å². The molecule has 0 spiro atoms. The zero-order valence-corrected chi connectivity index (χ0v) is 9.61. The number of hydrogen-bond donors (Lipinski definition) is 1. The minimum atomic E-state index is -0.486. The van der Waals surface area contributed by atoms with Crippen LogP contribution in [0.3, 0.4) is 0 Å². The number of aromatic nitrogens is 1. The Labute approximate surface area is 105 Å². The van der Waals surface area contributed by atoms with Crippen LogP contribution in [0.5, 0.6) is 11.6 Å². The van der Waals surface area contributed by atoms with E-state index in [-0.39, 0.29) is 0 Å². The van der Waals surface area contributed by atoms with Crippen molar-refractivity contribution in [1.82, 2.24) is 4.98 Å². The molecular weight excluding hydrogens is 228 g/mol. The molecule has 90 valence electrons. The number of pyridine rings is 1. The third-order valence-corrected chi connectivity index (χ3v) is 2.16. The van der Waals surface area contributed by atoms with Gasteiger partial charge in [0, 0.05) is 18.3 Å². The zero-order chi connectivity index (χ0) is 12.8. The monoisotopic (exact) mass is 240 g/mol. The van der Waals surface area contributed by atoms with Gasteiger partial charge in [0.2, 0.25) is 11.8 Å². The van der Waals surface area contributed by atoms with Crippen LogP contribution in [0, 0.1) is 0 Å². The first-order valence-corrected chi connectivity index (χ1v) is 5.40. The van der Waals surface area contributed by atoms with Crippen molar-refractivity contribution in [3.8, 4) is 11.6 Å². The van der Waals surface area contributed by atoms with E-state index < -0.39 is 5.91 Å². The van der Waals surface area contributed by atoms with Crippen LogP contribution in [0.15, 0.2) is 54.7 Å². The Morgan fingerprint density at radius 1 is 1.17 bits per heavy atom. The summed E-state index contributed by atoms with van der Waals surface area (Å²) in [5, 5.41) is 0. The van der Waals surface area contributed by atoms with E-state index in [1.165, 1.54) is 6.08 Å². The summed E-state index contributed by atoms with van der Waals surface area (Å²) in [7, 11) is 0. The van der Waals surface area contributed by atoms with E-state index in [1.807, 2.05) is 30.3 Å². The van der Waals surface area contributed by atoms with Crippen molar-refractivity contribution in [2.24, 2.45) is 5.73 Å². The molecule has 4 heteroatoms. The summed E-state index contributed by atoms with van der Waals surface area (Å²) in [6, 6.07) is 12.9. The first-order valence-electron chi connectivity index (χ1n) is 5.40. The molecule has 0 atom stereocenters. The van der Waals surface area contributed by atoms with Crippen LogP contribution >= 0.6 is 0 Å². The number of para-hydroxylation sites is 1. The minimum absolute atomic E-state index is 0.486. The van der Waals surface area contributed by atoms with Crippen LogP contribution in [-0.4, -0.2) is 10.9 Å². The highest BCUT2D eigenvalue weighted by atomic mass is 16.5. The summed E-state index contributed by atoms with van der Waals surface area (Å²) >= 11 is 0. The van der Waals surface area contributed by atoms with Crippen LogP contribution in [0.4, 0.5) is 0 Å². The Bertz CT molecular complexity index is 548. The molecule has 0 saturated carbocycles. The molecule has 1 amide bonds. The number of primary amides is 1. The van der Waals surface area contributed by atoms with Gasteiger partial charge in [-0.25, -0.2) is 4.98 Å². The number of nitrogens with two attached hydrogens (primary N) is 1. The molecule has 2 N–H and O–H groups in total. The fourth-order valence-corrected chi connectivity index (χ4v) is 1.34. The van der Waals surface area contributed by atoms with Gasteiger partial charge in [-0.15, -0.1) is 0 Å². The second kappa shape index (κ2) is 5.63. The van der Waals surface area contributed by atoms with Gasteiger partial charge in [-0.1, -0.05) is 18.2 Å². The van der Waals surface area contributed by atoms with Gasteiger partial charge in [-0.3, -0.25) is 4.79 Å². The number of nitrogens with zero attached hydrogens (tertiary/aromatic N) is 1. The maximum atomic E-state index is 10.6. The molecule has 0 bridgehead atoms. The van der Waals surface area contributed by atoms with E-state index in [0.717, 1.165) is 11.3 Å². The van der Waals surface area contributed by atoms with Gasteiger partial charge in [0.25, 0.3) is 0 Å². The summed E-state index contributed by atoms with van der Waals surface area (Å²) in [4.78, 5) is 14.7. The van der Waals surface area contributed by atoms with E-state index >= 15 is 0 Å². The van der Waals surface area contributed by atoms with E-state index in [0.29, 0.717) is 5.88 Å². The Morgan fingerprint density at radius 3 is 2.56 bits per heavy atom. The highest BCUT2D eigenvalue weighted by Crippen LogP contribution is 2.18. The van der Waals surface area contributed by atoms with Gasteiger partial charge in [0.1, 0.15) is 5.75 Å². The zero-order valence-electron chi connectivity index (χ0n) is 9.61. The van der Waals surface area contributed by atoms with Crippen LogP contribution < -0.4 is 10.5 Å². The van der Waals surface area contributed by atoms with Gasteiger partial charge in [0.05, 0.1) is 0 Å². The highest BCUT2D eigenvalue weighted by molar-refractivity contribution is 5.90. The molecule has 2 aromatic rings. The van der Waals surface area contributed by atoms with Crippen molar-refractivity contribution in [2.45, 2.75) is 0 Å².